The summed E-state index contributed by atoms with van der Waals surface area (Å²) in [6.45, 7) is 5.12. The molecule has 1 saturated carbocycles. The number of nitrogens with two attached hydrogens (primary N) is 1. The first kappa shape index (κ1) is 11.3. The van der Waals surface area contributed by atoms with E-state index in [1.807, 2.05) is 6.92 Å². The minimum atomic E-state index is -0.0379. The summed E-state index contributed by atoms with van der Waals surface area (Å²) in [4.78, 5) is 0. The maximum Gasteiger partial charge on any atom is 0.156 e. The topological polar surface area (TPSA) is 70.6 Å². The van der Waals surface area contributed by atoms with E-state index in [0.29, 0.717) is 5.41 Å². The Morgan fingerprint density at radius 1 is 1.64 bits per heavy atom. The summed E-state index contributed by atoms with van der Waals surface area (Å²) in [5.41, 5.74) is 5.96. The molecule has 0 heterocycles. The van der Waals surface area contributed by atoms with Crippen molar-refractivity contribution in [2.45, 2.75) is 45.6 Å². The normalized spacial score (nSPS) is 22.9. The maximum absolute atomic E-state index is 8.49. The number of nitrogens with zero attached hydrogens (tertiary/aromatic N) is 1. The highest BCUT2D eigenvalue weighted by Crippen LogP contribution is 2.43. The van der Waals surface area contributed by atoms with Gasteiger partial charge < -0.3 is 16.3 Å². The Morgan fingerprint density at radius 3 is 2.64 bits per heavy atom. The summed E-state index contributed by atoms with van der Waals surface area (Å²) in [6.07, 6.45) is 5.16. The number of hydrogen-bond donors (Lipinski definition) is 3. The Kier molecular flexibility index (Phi) is 3.75. The molecule has 1 fully saturated rings. The van der Waals surface area contributed by atoms with Gasteiger partial charge in [0.2, 0.25) is 0 Å². The Bertz CT molecular complexity index is 206. The van der Waals surface area contributed by atoms with E-state index >= 15 is 0 Å². The van der Waals surface area contributed by atoms with Crippen LogP contribution in [0, 0.1) is 5.41 Å². The van der Waals surface area contributed by atoms with Crippen LogP contribution in [0.5, 0.6) is 0 Å². The third-order valence-electron chi connectivity index (χ3n) is 3.51. The second kappa shape index (κ2) is 4.64. The lowest BCUT2D eigenvalue weighted by Gasteiger charge is -2.42. The van der Waals surface area contributed by atoms with Crippen LogP contribution < -0.4 is 11.1 Å². The summed E-state index contributed by atoms with van der Waals surface area (Å²) in [5, 5.41) is 14.8. The van der Waals surface area contributed by atoms with Crippen molar-refractivity contribution in [3.63, 3.8) is 0 Å². The summed E-state index contributed by atoms with van der Waals surface area (Å²) in [6, 6.07) is -0.0379. The summed E-state index contributed by atoms with van der Waals surface area (Å²) >= 11 is 0. The highest BCUT2D eigenvalue weighted by Gasteiger charge is 2.34. The number of hydrogen-bond acceptors (Lipinski definition) is 3. The van der Waals surface area contributed by atoms with Crippen LogP contribution in [0.2, 0.25) is 0 Å². The van der Waals surface area contributed by atoms with E-state index < -0.39 is 0 Å². The third kappa shape index (κ3) is 2.38. The van der Waals surface area contributed by atoms with Crippen molar-refractivity contribution in [1.29, 1.82) is 0 Å². The molecular formula is C10H21N3O. The largest absolute Gasteiger partial charge is 0.409 e. The minimum Gasteiger partial charge on any atom is -0.409 e. The van der Waals surface area contributed by atoms with Crippen LogP contribution in [-0.2, 0) is 0 Å². The molecule has 1 rings (SSSR count). The number of rotatable bonds is 5. The van der Waals surface area contributed by atoms with Gasteiger partial charge in [0.25, 0.3) is 0 Å². The van der Waals surface area contributed by atoms with Gasteiger partial charge in [-0.15, -0.1) is 0 Å². The van der Waals surface area contributed by atoms with Gasteiger partial charge >= 0.3 is 0 Å². The smallest absolute Gasteiger partial charge is 0.156 e. The molecule has 1 atom stereocenters. The standard InChI is InChI=1S/C10H21N3O/c1-3-10(5-4-6-10)7-12-8(2)9(11)13-14/h8,12,14H,3-7H2,1-2H3,(H2,11,13). The van der Waals surface area contributed by atoms with Crippen LogP contribution in [0.15, 0.2) is 5.16 Å². The summed E-state index contributed by atoms with van der Waals surface area (Å²) < 4.78 is 0. The van der Waals surface area contributed by atoms with Gasteiger partial charge in [-0.1, -0.05) is 18.5 Å². The lowest BCUT2D eigenvalue weighted by Crippen LogP contribution is -2.47. The van der Waals surface area contributed by atoms with Gasteiger partial charge in [0.1, 0.15) is 0 Å². The van der Waals surface area contributed by atoms with Crippen LogP contribution in [0.1, 0.15) is 39.5 Å². The highest BCUT2D eigenvalue weighted by molar-refractivity contribution is 5.84. The zero-order valence-corrected chi connectivity index (χ0v) is 9.08. The average molecular weight is 199 g/mol. The fraction of sp³-hybridized carbons (Fsp3) is 0.900. The van der Waals surface area contributed by atoms with Gasteiger partial charge in [-0.25, -0.2) is 0 Å². The Balaban J connectivity index is 2.32. The molecule has 4 nitrogen and oxygen atoms in total. The Hall–Kier alpha value is -0.770. The maximum atomic E-state index is 8.49. The van der Waals surface area contributed by atoms with Crippen molar-refractivity contribution in [2.24, 2.45) is 16.3 Å². The first-order valence-corrected chi connectivity index (χ1v) is 5.34. The number of oxime groups is 1. The van der Waals surface area contributed by atoms with Gasteiger partial charge in [0.05, 0.1) is 6.04 Å². The van der Waals surface area contributed by atoms with Gasteiger partial charge in [-0.3, -0.25) is 0 Å². The lowest BCUT2D eigenvalue weighted by molar-refractivity contribution is 0.123. The molecule has 0 aromatic carbocycles. The van der Waals surface area contributed by atoms with E-state index in [1.54, 1.807) is 0 Å². The lowest BCUT2D eigenvalue weighted by atomic mass is 9.67. The van der Waals surface area contributed by atoms with Crippen molar-refractivity contribution in [3.05, 3.63) is 0 Å². The van der Waals surface area contributed by atoms with Crippen molar-refractivity contribution in [2.75, 3.05) is 6.54 Å². The van der Waals surface area contributed by atoms with E-state index in [0.717, 1.165) is 6.54 Å². The Labute approximate surface area is 85.6 Å². The molecule has 1 aliphatic carbocycles. The third-order valence-corrected chi connectivity index (χ3v) is 3.51. The SMILES string of the molecule is CCC1(CNC(C)C(N)=NO)CCC1. The fourth-order valence-electron chi connectivity index (χ4n) is 1.89. The second-order valence-corrected chi connectivity index (χ2v) is 4.33. The molecule has 0 aromatic rings. The molecule has 1 unspecified atom stereocenters. The first-order chi connectivity index (χ1) is 6.63. The molecule has 0 saturated heterocycles. The quantitative estimate of drug-likeness (QED) is 0.270. The zero-order chi connectivity index (χ0) is 10.6. The van der Waals surface area contributed by atoms with Crippen molar-refractivity contribution >= 4 is 5.84 Å². The molecule has 4 heteroatoms. The van der Waals surface area contributed by atoms with Crippen LogP contribution in [0.25, 0.3) is 0 Å². The first-order valence-electron chi connectivity index (χ1n) is 5.34. The molecule has 0 aromatic heterocycles. The van der Waals surface area contributed by atoms with Crippen molar-refractivity contribution in [3.8, 4) is 0 Å². The fourth-order valence-corrected chi connectivity index (χ4v) is 1.89. The molecule has 4 N–H and O–H groups in total. The van der Waals surface area contributed by atoms with Crippen LogP contribution in [-0.4, -0.2) is 23.6 Å². The van der Waals surface area contributed by atoms with E-state index in [2.05, 4.69) is 17.4 Å². The van der Waals surface area contributed by atoms with E-state index in [9.17, 15) is 0 Å². The summed E-state index contributed by atoms with van der Waals surface area (Å²) in [5.74, 6) is 0.260. The van der Waals surface area contributed by atoms with Crippen LogP contribution in [0.4, 0.5) is 0 Å². The number of amidine groups is 1. The monoisotopic (exact) mass is 199 g/mol. The molecule has 1 aliphatic rings. The molecule has 0 radical (unpaired) electrons. The predicted octanol–water partition coefficient (Wildman–Crippen LogP) is 1.29. The summed E-state index contributed by atoms with van der Waals surface area (Å²) in [7, 11) is 0. The van der Waals surface area contributed by atoms with Gasteiger partial charge in [-0.05, 0) is 31.6 Å². The Morgan fingerprint density at radius 2 is 2.29 bits per heavy atom. The molecule has 14 heavy (non-hydrogen) atoms. The molecule has 0 aliphatic heterocycles. The number of nitrogens with one attached hydrogen (secondary N) is 1. The van der Waals surface area contributed by atoms with E-state index in [4.69, 9.17) is 10.9 Å². The van der Waals surface area contributed by atoms with Crippen molar-refractivity contribution in [1.82, 2.24) is 5.32 Å². The minimum absolute atomic E-state index is 0.0379. The van der Waals surface area contributed by atoms with Crippen LogP contribution in [0.3, 0.4) is 0 Å². The van der Waals surface area contributed by atoms with Crippen molar-refractivity contribution < 1.29 is 5.21 Å². The predicted molar refractivity (Wildman–Crippen MR) is 57.4 cm³/mol. The van der Waals surface area contributed by atoms with Gasteiger partial charge in [0.15, 0.2) is 5.84 Å². The molecule has 82 valence electrons. The zero-order valence-electron chi connectivity index (χ0n) is 9.08. The van der Waals surface area contributed by atoms with Crippen LogP contribution >= 0.6 is 0 Å². The van der Waals surface area contributed by atoms with Gasteiger partial charge in [0, 0.05) is 6.54 Å². The molecule has 0 spiro atoms. The van der Waals surface area contributed by atoms with E-state index in [-0.39, 0.29) is 11.9 Å². The average Bonchev–Trinajstić information content (AvgIpc) is 2.15. The molecular weight excluding hydrogens is 178 g/mol. The van der Waals surface area contributed by atoms with E-state index in [1.165, 1.54) is 25.7 Å². The second-order valence-electron chi connectivity index (χ2n) is 4.33. The van der Waals surface area contributed by atoms with Gasteiger partial charge in [-0.2, -0.15) is 0 Å². The highest BCUT2D eigenvalue weighted by atomic mass is 16.4. The molecule has 0 amide bonds. The molecule has 0 bridgehead atoms.